The van der Waals surface area contributed by atoms with Crippen LogP contribution in [0.2, 0.25) is 0 Å². The normalized spacial score (nSPS) is 34.5. The first-order valence-corrected chi connectivity index (χ1v) is 6.88. The second-order valence-corrected chi connectivity index (χ2v) is 5.95. The summed E-state index contributed by atoms with van der Waals surface area (Å²) in [4.78, 5) is 11.5. The first-order chi connectivity index (χ1) is 7.64. The van der Waals surface area contributed by atoms with Gasteiger partial charge in [-0.1, -0.05) is 38.7 Å². The Morgan fingerprint density at radius 1 is 1.44 bits per heavy atom. The average molecular weight is 220 g/mol. The van der Waals surface area contributed by atoms with Crippen LogP contribution in [0.4, 0.5) is 0 Å². The molecule has 0 N–H and O–H groups in total. The lowest BCUT2D eigenvalue weighted by molar-refractivity contribution is -0.115. The van der Waals surface area contributed by atoms with Gasteiger partial charge in [-0.2, -0.15) is 0 Å². The van der Waals surface area contributed by atoms with Crippen molar-refractivity contribution < 1.29 is 4.79 Å². The minimum atomic E-state index is 0.364. The van der Waals surface area contributed by atoms with Crippen molar-refractivity contribution in [2.24, 2.45) is 11.3 Å². The zero-order valence-electron chi connectivity index (χ0n) is 10.7. The van der Waals surface area contributed by atoms with Crippen LogP contribution in [0, 0.1) is 11.3 Å². The van der Waals surface area contributed by atoms with Gasteiger partial charge in [0.2, 0.25) is 0 Å². The Hall–Kier alpha value is -0.590. The smallest absolute Gasteiger partial charge is 0.155 e. The third-order valence-electron chi connectivity index (χ3n) is 4.61. The van der Waals surface area contributed by atoms with Crippen LogP contribution >= 0.6 is 0 Å². The van der Waals surface area contributed by atoms with Gasteiger partial charge in [0.25, 0.3) is 0 Å². The molecule has 1 nitrogen and oxygen atoms in total. The van der Waals surface area contributed by atoms with E-state index in [1.807, 2.05) is 6.08 Å². The number of rotatable bonds is 3. The molecule has 0 amide bonds. The van der Waals surface area contributed by atoms with Gasteiger partial charge in [0.05, 0.1) is 0 Å². The zero-order valence-corrected chi connectivity index (χ0v) is 10.7. The minimum absolute atomic E-state index is 0.364. The van der Waals surface area contributed by atoms with Crippen molar-refractivity contribution in [2.75, 3.05) is 0 Å². The van der Waals surface area contributed by atoms with Crippen LogP contribution < -0.4 is 0 Å². The molecule has 0 saturated heterocycles. The summed E-state index contributed by atoms with van der Waals surface area (Å²) in [7, 11) is 0. The van der Waals surface area contributed by atoms with E-state index in [0.717, 1.165) is 18.8 Å². The molecule has 2 aliphatic carbocycles. The van der Waals surface area contributed by atoms with Crippen LogP contribution in [0.25, 0.3) is 0 Å². The molecule has 2 aliphatic rings. The summed E-state index contributed by atoms with van der Waals surface area (Å²) in [6.45, 7) is 4.62. The van der Waals surface area contributed by atoms with E-state index in [1.165, 1.54) is 44.1 Å². The molecular formula is C15H24O. The first-order valence-electron chi connectivity index (χ1n) is 6.88. The topological polar surface area (TPSA) is 17.1 Å². The number of hydrogen-bond donors (Lipinski definition) is 0. The van der Waals surface area contributed by atoms with E-state index in [-0.39, 0.29) is 0 Å². The Kier molecular flexibility index (Phi) is 3.51. The molecule has 2 atom stereocenters. The van der Waals surface area contributed by atoms with Crippen molar-refractivity contribution in [2.45, 2.75) is 65.2 Å². The van der Waals surface area contributed by atoms with Crippen molar-refractivity contribution >= 4 is 5.78 Å². The minimum Gasteiger partial charge on any atom is -0.295 e. The second-order valence-electron chi connectivity index (χ2n) is 5.95. The number of carbonyl (C=O) groups is 1. The Morgan fingerprint density at radius 3 is 3.00 bits per heavy atom. The maximum Gasteiger partial charge on any atom is 0.155 e. The quantitative estimate of drug-likeness (QED) is 0.694. The molecule has 0 bridgehead atoms. The maximum absolute atomic E-state index is 11.5. The summed E-state index contributed by atoms with van der Waals surface area (Å²) < 4.78 is 0. The van der Waals surface area contributed by atoms with E-state index in [0.29, 0.717) is 11.2 Å². The predicted molar refractivity (Wildman–Crippen MR) is 67.3 cm³/mol. The van der Waals surface area contributed by atoms with Crippen molar-refractivity contribution in [1.29, 1.82) is 0 Å². The van der Waals surface area contributed by atoms with Crippen LogP contribution in [0.1, 0.15) is 65.2 Å². The molecule has 0 radical (unpaired) electrons. The number of allylic oxidation sites excluding steroid dienone is 2. The highest BCUT2D eigenvalue weighted by Gasteiger charge is 2.37. The summed E-state index contributed by atoms with van der Waals surface area (Å²) >= 11 is 0. The molecule has 0 aromatic heterocycles. The Morgan fingerprint density at radius 2 is 2.25 bits per heavy atom. The van der Waals surface area contributed by atoms with Gasteiger partial charge in [0.1, 0.15) is 0 Å². The molecule has 1 heteroatoms. The molecule has 0 aromatic carbocycles. The van der Waals surface area contributed by atoms with Gasteiger partial charge in [0.15, 0.2) is 5.78 Å². The predicted octanol–water partition coefficient (Wildman–Crippen LogP) is 4.27. The van der Waals surface area contributed by atoms with Gasteiger partial charge in [-0.25, -0.2) is 0 Å². The average Bonchev–Trinajstić information content (AvgIpc) is 2.27. The standard InChI is InChI=1S/C15H24O/c1-3-4-5-12-6-8-15(2)9-7-14(16)11-13(15)10-12/h11-12H,3-10H2,1-2H3/t12-,15-/m0/s1. The fraction of sp³-hybridized carbons (Fsp3) is 0.800. The zero-order chi connectivity index (χ0) is 11.6. The van der Waals surface area contributed by atoms with E-state index in [2.05, 4.69) is 13.8 Å². The largest absolute Gasteiger partial charge is 0.295 e. The number of unbranched alkanes of at least 4 members (excludes halogenated alkanes) is 1. The molecule has 2 rings (SSSR count). The molecule has 16 heavy (non-hydrogen) atoms. The highest BCUT2D eigenvalue weighted by atomic mass is 16.1. The lowest BCUT2D eigenvalue weighted by Crippen LogP contribution is -2.31. The molecule has 0 aliphatic heterocycles. The highest BCUT2D eigenvalue weighted by Crippen LogP contribution is 2.49. The number of carbonyl (C=O) groups excluding carboxylic acids is 1. The third-order valence-corrected chi connectivity index (χ3v) is 4.61. The fourth-order valence-electron chi connectivity index (χ4n) is 3.27. The number of hydrogen-bond acceptors (Lipinski definition) is 1. The van der Waals surface area contributed by atoms with Gasteiger partial charge in [-0.05, 0) is 43.1 Å². The van der Waals surface area contributed by atoms with Crippen molar-refractivity contribution in [3.05, 3.63) is 11.6 Å². The summed E-state index contributed by atoms with van der Waals surface area (Å²) in [5.41, 5.74) is 1.84. The molecule has 1 fully saturated rings. The Balaban J connectivity index is 2.03. The maximum atomic E-state index is 11.5. The van der Waals surface area contributed by atoms with Crippen LogP contribution in [0.3, 0.4) is 0 Å². The molecule has 0 aromatic rings. The van der Waals surface area contributed by atoms with E-state index in [4.69, 9.17) is 0 Å². The van der Waals surface area contributed by atoms with Crippen molar-refractivity contribution in [3.63, 3.8) is 0 Å². The van der Waals surface area contributed by atoms with E-state index >= 15 is 0 Å². The Labute approximate surface area is 99.3 Å². The van der Waals surface area contributed by atoms with Gasteiger partial charge < -0.3 is 0 Å². The van der Waals surface area contributed by atoms with Gasteiger partial charge in [0, 0.05) is 6.42 Å². The molecule has 0 heterocycles. The summed E-state index contributed by atoms with van der Waals surface area (Å²) in [5.74, 6) is 1.22. The molecule has 0 unspecified atom stereocenters. The number of fused-ring (bicyclic) bond motifs is 1. The van der Waals surface area contributed by atoms with E-state index in [1.54, 1.807) is 0 Å². The van der Waals surface area contributed by atoms with Gasteiger partial charge in [-0.3, -0.25) is 4.79 Å². The molecule has 0 spiro atoms. The van der Waals surface area contributed by atoms with E-state index in [9.17, 15) is 4.79 Å². The third kappa shape index (κ3) is 2.39. The second kappa shape index (κ2) is 4.73. The number of ketones is 1. The first kappa shape index (κ1) is 11.9. The monoisotopic (exact) mass is 220 g/mol. The molecule has 90 valence electrons. The molecular weight excluding hydrogens is 196 g/mol. The van der Waals surface area contributed by atoms with Crippen molar-refractivity contribution in [1.82, 2.24) is 0 Å². The highest BCUT2D eigenvalue weighted by molar-refractivity contribution is 5.91. The fourth-order valence-corrected chi connectivity index (χ4v) is 3.27. The van der Waals surface area contributed by atoms with Crippen LogP contribution in [-0.2, 0) is 4.79 Å². The van der Waals surface area contributed by atoms with Crippen LogP contribution in [-0.4, -0.2) is 5.78 Å². The SMILES string of the molecule is CCCC[C@H]1CC[C@@]2(C)CCC(=O)C=C2C1. The summed E-state index contributed by atoms with van der Waals surface area (Å²) in [6, 6.07) is 0. The van der Waals surface area contributed by atoms with Gasteiger partial charge in [-0.15, -0.1) is 0 Å². The lowest BCUT2D eigenvalue weighted by atomic mass is 9.63. The summed E-state index contributed by atoms with van der Waals surface area (Å²) in [5, 5.41) is 0. The Bertz CT molecular complexity index is 303. The molecule has 1 saturated carbocycles. The summed E-state index contributed by atoms with van der Waals surface area (Å²) in [6.07, 6.45) is 11.7. The lowest BCUT2D eigenvalue weighted by Gasteiger charge is -2.42. The van der Waals surface area contributed by atoms with E-state index < -0.39 is 0 Å². The van der Waals surface area contributed by atoms with Crippen molar-refractivity contribution in [3.8, 4) is 0 Å². The van der Waals surface area contributed by atoms with Gasteiger partial charge >= 0.3 is 0 Å². The van der Waals surface area contributed by atoms with Crippen LogP contribution in [0.5, 0.6) is 0 Å². The van der Waals surface area contributed by atoms with Crippen LogP contribution in [0.15, 0.2) is 11.6 Å².